The van der Waals surface area contributed by atoms with Gasteiger partial charge in [0.2, 0.25) is 0 Å². The van der Waals surface area contributed by atoms with Crippen molar-refractivity contribution in [3.05, 3.63) is 327 Å². The predicted octanol–water partition coefficient (Wildman–Crippen LogP) is 24.1. The van der Waals surface area contributed by atoms with Gasteiger partial charge in [0.25, 0.3) is 0 Å². The zero-order valence-corrected chi connectivity index (χ0v) is 50.8. The zero-order valence-electron chi connectivity index (χ0n) is 50.8. The minimum atomic E-state index is 0.668. The van der Waals surface area contributed by atoms with Crippen LogP contribution in [0.1, 0.15) is 11.1 Å². The molecule has 0 saturated carbocycles. The van der Waals surface area contributed by atoms with E-state index in [1.54, 1.807) is 0 Å². The average Bonchev–Trinajstić information content (AvgIpc) is 1.21. The van der Waals surface area contributed by atoms with Gasteiger partial charge in [-0.15, -0.1) is 0 Å². The molecule has 0 atom stereocenters. The Kier molecular flexibility index (Phi) is 11.8. The molecule has 0 aliphatic carbocycles. The van der Waals surface area contributed by atoms with E-state index in [1.165, 1.54) is 120 Å². The molecule has 20 aromatic rings. The van der Waals surface area contributed by atoms with Gasteiger partial charge in [-0.2, -0.15) is 10.5 Å². The topological polar surface area (TPSA) is 57.4 Å². The number of fused-ring (bicyclic) bond motifs is 8. The maximum atomic E-state index is 9.72. The van der Waals surface area contributed by atoms with E-state index in [2.05, 4.69) is 300 Å². The fourth-order valence-corrected chi connectivity index (χ4v) is 15.4. The zero-order chi connectivity index (χ0) is 62.1. The molecule has 0 N–H and O–H groups in total. The van der Waals surface area contributed by atoms with Crippen molar-refractivity contribution in [2.24, 2.45) is 0 Å². The minimum absolute atomic E-state index is 0.668. The number of rotatable bonds is 6. The first-order valence-electron chi connectivity index (χ1n) is 32.0. The van der Waals surface area contributed by atoms with Crippen molar-refractivity contribution in [3.63, 3.8) is 0 Å². The molecule has 20 rings (SSSR count). The van der Waals surface area contributed by atoms with E-state index in [1.807, 2.05) is 36.4 Å². The highest BCUT2D eigenvalue weighted by Gasteiger charge is 2.20. The molecule has 0 unspecified atom stereocenters. The Morgan fingerprint density at radius 2 is 0.521 bits per heavy atom. The highest BCUT2D eigenvalue weighted by molar-refractivity contribution is 6.27. The first-order valence-corrected chi connectivity index (χ1v) is 32.0. The van der Waals surface area contributed by atoms with E-state index >= 15 is 0 Å². The van der Waals surface area contributed by atoms with Crippen LogP contribution in [0.3, 0.4) is 0 Å². The summed E-state index contributed by atoms with van der Waals surface area (Å²) in [7, 11) is 0. The van der Waals surface area contributed by atoms with E-state index in [4.69, 9.17) is 0 Å². The number of para-hydroxylation sites is 2. The molecule has 432 valence electrons. The Morgan fingerprint density at radius 1 is 0.202 bits per heavy atom. The Hall–Kier alpha value is -12.9. The lowest BCUT2D eigenvalue weighted by molar-refractivity contribution is 1.18. The van der Waals surface area contributed by atoms with Crippen LogP contribution in [0.4, 0.5) is 0 Å². The third kappa shape index (κ3) is 8.38. The second kappa shape index (κ2) is 20.9. The summed E-state index contributed by atoms with van der Waals surface area (Å²) in [6.07, 6.45) is 0. The van der Waals surface area contributed by atoms with Crippen LogP contribution in [0, 0.1) is 22.7 Å². The normalized spacial score (nSPS) is 11.8. The molecular formula is C90H52N4. The van der Waals surface area contributed by atoms with Gasteiger partial charge in [0, 0.05) is 32.9 Å². The predicted molar refractivity (Wildman–Crippen MR) is 395 cm³/mol. The molecule has 0 radical (unpaired) electrons. The molecule has 18 aromatic carbocycles. The number of hydrogen-bond acceptors (Lipinski definition) is 2. The van der Waals surface area contributed by atoms with Crippen molar-refractivity contribution >= 4 is 130 Å². The highest BCUT2D eigenvalue weighted by Crippen LogP contribution is 2.45. The Balaban J connectivity index is 0.000000133. The third-order valence-corrected chi connectivity index (χ3v) is 19.7. The van der Waals surface area contributed by atoms with Crippen LogP contribution < -0.4 is 0 Å². The number of nitriles is 2. The van der Waals surface area contributed by atoms with Crippen LogP contribution in [0.25, 0.3) is 186 Å². The Morgan fingerprint density at radius 3 is 0.957 bits per heavy atom. The number of benzene rings is 18. The molecule has 4 heteroatoms. The summed E-state index contributed by atoms with van der Waals surface area (Å²) in [5, 5.41) is 44.2. The highest BCUT2D eigenvalue weighted by atomic mass is 15.0. The van der Waals surface area contributed by atoms with E-state index in [0.717, 1.165) is 66.1 Å². The average molecular weight is 1190 g/mol. The Bertz CT molecular complexity index is 6470. The molecule has 0 saturated heterocycles. The Labute approximate surface area is 540 Å². The molecule has 94 heavy (non-hydrogen) atoms. The smallest absolute Gasteiger partial charge is 0.0991 e. The SMILES string of the molecule is N#Cc1ccc2c(c1)c1cc(-c3cc4ccc5cc(-c6ccc7ccccc7c6)cc6ccc(c3)c4c56)ccc1n2-c1ccccc1.N#Cc1ccc2c(c1)c1cc(-c3cc4ccc5cc(-c6cccc7ccccc67)cc6ccc(c3)c4c56)ccc1n2-c1ccccc1. The van der Waals surface area contributed by atoms with Gasteiger partial charge in [-0.05, 0) is 270 Å². The molecule has 0 spiro atoms. The van der Waals surface area contributed by atoms with E-state index < -0.39 is 0 Å². The summed E-state index contributed by atoms with van der Waals surface area (Å²) in [4.78, 5) is 0. The number of nitrogens with zero attached hydrogens (tertiary/aromatic N) is 4. The standard InChI is InChI=1S/2C45H26N2/c46-27-28-13-19-42-40(21-28)41-26-30(18-20-43(41)47(42)37-9-2-1-3-10-37)35-22-31-14-16-33-24-36(25-34-17-15-32(23-35)44(31)45(33)34)39-12-6-8-29-7-4-5-11-38(29)39;46-27-28-10-18-42-40(20-28)41-26-32(17-19-43(41)47(42)39-8-2-1-3-9-39)38-24-35-15-13-33-22-37(23-34-14-16-36(25-38)45(35)44(33)34)31-12-11-29-6-4-5-7-30(29)21-31/h2*1-26H. The lowest BCUT2D eigenvalue weighted by Crippen LogP contribution is -1.93. The fourth-order valence-electron chi connectivity index (χ4n) is 15.4. The molecule has 2 aromatic heterocycles. The lowest BCUT2D eigenvalue weighted by atomic mass is 9.88. The van der Waals surface area contributed by atoms with Gasteiger partial charge in [0.1, 0.15) is 0 Å². The summed E-state index contributed by atoms with van der Waals surface area (Å²) in [5.74, 6) is 0. The maximum Gasteiger partial charge on any atom is 0.0991 e. The van der Waals surface area contributed by atoms with Gasteiger partial charge < -0.3 is 9.13 Å². The second-order valence-electron chi connectivity index (χ2n) is 25.0. The molecule has 0 amide bonds. The molecule has 4 nitrogen and oxygen atoms in total. The van der Waals surface area contributed by atoms with E-state index in [-0.39, 0.29) is 0 Å². The van der Waals surface area contributed by atoms with Gasteiger partial charge in [-0.25, -0.2) is 0 Å². The second-order valence-corrected chi connectivity index (χ2v) is 25.0. The number of aromatic nitrogens is 2. The van der Waals surface area contributed by atoms with Crippen LogP contribution in [-0.2, 0) is 0 Å². The van der Waals surface area contributed by atoms with Crippen molar-refractivity contribution in [1.82, 2.24) is 9.13 Å². The van der Waals surface area contributed by atoms with Crippen molar-refractivity contribution in [2.75, 3.05) is 0 Å². The van der Waals surface area contributed by atoms with Gasteiger partial charge in [-0.1, -0.05) is 176 Å². The summed E-state index contributed by atoms with van der Waals surface area (Å²) >= 11 is 0. The molecule has 0 aliphatic rings. The van der Waals surface area contributed by atoms with Crippen LogP contribution in [0.5, 0.6) is 0 Å². The summed E-state index contributed by atoms with van der Waals surface area (Å²) in [6, 6.07) is 118. The first kappa shape index (κ1) is 53.0. The van der Waals surface area contributed by atoms with Crippen molar-refractivity contribution < 1.29 is 0 Å². The molecule has 0 aliphatic heterocycles. The number of hydrogen-bond donors (Lipinski definition) is 0. The van der Waals surface area contributed by atoms with E-state index in [9.17, 15) is 10.5 Å². The van der Waals surface area contributed by atoms with E-state index in [0.29, 0.717) is 11.1 Å². The van der Waals surface area contributed by atoms with Crippen molar-refractivity contribution in [3.8, 4) is 68.0 Å². The fraction of sp³-hybridized carbons (Fsp3) is 0. The molecular weight excluding hydrogens is 1140 g/mol. The molecule has 0 fully saturated rings. The monoisotopic (exact) mass is 1190 g/mol. The van der Waals surface area contributed by atoms with Crippen LogP contribution in [0.15, 0.2) is 315 Å². The van der Waals surface area contributed by atoms with Gasteiger partial charge in [0.05, 0.1) is 45.3 Å². The van der Waals surface area contributed by atoms with Crippen molar-refractivity contribution in [2.45, 2.75) is 0 Å². The minimum Gasteiger partial charge on any atom is -0.309 e. The summed E-state index contributed by atoms with van der Waals surface area (Å²) in [6.45, 7) is 0. The van der Waals surface area contributed by atoms with Gasteiger partial charge in [0.15, 0.2) is 0 Å². The van der Waals surface area contributed by atoms with Crippen molar-refractivity contribution in [1.29, 1.82) is 10.5 Å². The molecule has 0 bridgehead atoms. The maximum absolute atomic E-state index is 9.72. The van der Waals surface area contributed by atoms with Gasteiger partial charge in [-0.3, -0.25) is 0 Å². The summed E-state index contributed by atoms with van der Waals surface area (Å²) in [5.41, 5.74) is 17.7. The van der Waals surface area contributed by atoms with Crippen LogP contribution >= 0.6 is 0 Å². The van der Waals surface area contributed by atoms with Crippen LogP contribution in [0.2, 0.25) is 0 Å². The summed E-state index contributed by atoms with van der Waals surface area (Å²) < 4.78 is 4.59. The molecule has 2 heterocycles. The largest absolute Gasteiger partial charge is 0.309 e. The first-order chi connectivity index (χ1) is 46.4. The quantitative estimate of drug-likeness (QED) is 0.156. The third-order valence-electron chi connectivity index (χ3n) is 19.7. The lowest BCUT2D eigenvalue weighted by Gasteiger charge is -2.15. The van der Waals surface area contributed by atoms with Gasteiger partial charge >= 0.3 is 0 Å². The van der Waals surface area contributed by atoms with Crippen LogP contribution in [-0.4, -0.2) is 9.13 Å².